The van der Waals surface area contributed by atoms with E-state index in [1.165, 1.54) is 35.6 Å². The largest absolute Gasteiger partial charge is 0.573 e. The molecular formula is C27H24F4N6O3S. The van der Waals surface area contributed by atoms with Gasteiger partial charge in [-0.2, -0.15) is 0 Å². The van der Waals surface area contributed by atoms with Crippen LogP contribution in [-0.2, 0) is 24.1 Å². The first-order valence-corrected chi connectivity index (χ1v) is 13.2. The number of carbonyl (C=O) groups is 2. The standard InChI is InChI=1S/C27H24F4N6O3S/c1-16-9-11-20(28)24(33-16)25(39)35-26-37-36-23(41-26)8-3-2-5-17-10-12-21(32-15-17)34-22(38)14-18-6-4-7-19(13-18)40-27(29,30)31/h4,6-7,9-13,15H,2-3,5,8,14H2,1H3,(H,32,34,38)(H,35,37,39). The third-order valence-electron chi connectivity index (χ3n) is 5.58. The van der Waals surface area contributed by atoms with E-state index in [-0.39, 0.29) is 17.2 Å². The highest BCUT2D eigenvalue weighted by Gasteiger charge is 2.31. The second-order valence-corrected chi connectivity index (χ2v) is 9.98. The molecule has 0 saturated carbocycles. The molecule has 0 aliphatic heterocycles. The molecule has 0 aliphatic rings. The molecule has 14 heteroatoms. The second kappa shape index (κ2) is 13.3. The maximum Gasteiger partial charge on any atom is 0.573 e. The van der Waals surface area contributed by atoms with Gasteiger partial charge in [-0.05, 0) is 67.6 Å². The molecule has 41 heavy (non-hydrogen) atoms. The van der Waals surface area contributed by atoms with Crippen molar-refractivity contribution in [2.75, 3.05) is 10.6 Å². The highest BCUT2D eigenvalue weighted by atomic mass is 32.1. The molecule has 3 heterocycles. The van der Waals surface area contributed by atoms with E-state index in [1.54, 1.807) is 19.2 Å². The van der Waals surface area contributed by atoms with Crippen LogP contribution in [0.5, 0.6) is 5.75 Å². The molecule has 3 aromatic heterocycles. The maximum absolute atomic E-state index is 13.9. The predicted octanol–water partition coefficient (Wildman–Crippen LogP) is 5.67. The zero-order valence-corrected chi connectivity index (χ0v) is 22.5. The number of nitrogens with one attached hydrogen (secondary N) is 2. The van der Waals surface area contributed by atoms with Gasteiger partial charge in [-0.1, -0.05) is 29.5 Å². The number of anilines is 2. The molecule has 0 fully saturated rings. The Balaban J connectivity index is 1.18. The van der Waals surface area contributed by atoms with E-state index in [0.29, 0.717) is 23.5 Å². The molecule has 0 atom stereocenters. The number of unbranched alkanes of at least 4 members (excludes halogenated alkanes) is 1. The summed E-state index contributed by atoms with van der Waals surface area (Å²) in [7, 11) is 0. The van der Waals surface area contributed by atoms with E-state index in [1.807, 2.05) is 6.07 Å². The van der Waals surface area contributed by atoms with E-state index in [0.717, 1.165) is 42.0 Å². The normalized spacial score (nSPS) is 11.2. The summed E-state index contributed by atoms with van der Waals surface area (Å²) in [6, 6.07) is 11.4. The van der Waals surface area contributed by atoms with Gasteiger partial charge in [0.15, 0.2) is 11.5 Å². The molecule has 4 aromatic rings. The van der Waals surface area contributed by atoms with Crippen LogP contribution in [0.4, 0.5) is 28.5 Å². The highest BCUT2D eigenvalue weighted by molar-refractivity contribution is 7.15. The topological polar surface area (TPSA) is 119 Å². The lowest BCUT2D eigenvalue weighted by molar-refractivity contribution is -0.274. The number of hydrogen-bond donors (Lipinski definition) is 2. The number of ether oxygens (including phenoxy) is 1. The van der Waals surface area contributed by atoms with Gasteiger partial charge in [0.1, 0.15) is 16.6 Å². The first kappa shape index (κ1) is 29.5. The summed E-state index contributed by atoms with van der Waals surface area (Å²) in [6.07, 6.45) is -0.319. The average molecular weight is 589 g/mol. The SMILES string of the molecule is Cc1ccc(F)c(C(=O)Nc2nnc(CCCCc3ccc(NC(=O)Cc4cccc(OC(F)(F)F)c4)nc3)s2)n1. The summed E-state index contributed by atoms with van der Waals surface area (Å²) in [5, 5.41) is 14.1. The maximum atomic E-state index is 13.9. The van der Waals surface area contributed by atoms with Crippen molar-refractivity contribution in [1.29, 1.82) is 0 Å². The summed E-state index contributed by atoms with van der Waals surface area (Å²) in [4.78, 5) is 32.7. The lowest BCUT2D eigenvalue weighted by Crippen LogP contribution is -2.18. The lowest BCUT2D eigenvalue weighted by atomic mass is 10.1. The number of rotatable bonds is 11. The van der Waals surface area contributed by atoms with Crippen molar-refractivity contribution in [3.05, 3.63) is 88.1 Å². The summed E-state index contributed by atoms with van der Waals surface area (Å²) >= 11 is 1.21. The van der Waals surface area contributed by atoms with Crippen molar-refractivity contribution < 1.29 is 31.9 Å². The molecule has 0 saturated heterocycles. The minimum atomic E-state index is -4.81. The zero-order chi connectivity index (χ0) is 29.4. The smallest absolute Gasteiger partial charge is 0.406 e. The van der Waals surface area contributed by atoms with Gasteiger partial charge in [-0.25, -0.2) is 14.4 Å². The van der Waals surface area contributed by atoms with E-state index in [9.17, 15) is 27.2 Å². The number of hydrogen-bond acceptors (Lipinski definition) is 8. The number of carbonyl (C=O) groups excluding carboxylic acids is 2. The fraction of sp³-hybridized carbons (Fsp3) is 0.259. The van der Waals surface area contributed by atoms with Gasteiger partial charge in [0, 0.05) is 18.3 Å². The van der Waals surface area contributed by atoms with E-state index >= 15 is 0 Å². The molecule has 0 bridgehead atoms. The van der Waals surface area contributed by atoms with Crippen LogP contribution < -0.4 is 15.4 Å². The Hall–Kier alpha value is -4.46. The monoisotopic (exact) mass is 588 g/mol. The minimum Gasteiger partial charge on any atom is -0.406 e. The number of alkyl halides is 3. The van der Waals surface area contributed by atoms with Gasteiger partial charge < -0.3 is 10.1 Å². The van der Waals surface area contributed by atoms with Crippen molar-refractivity contribution in [2.24, 2.45) is 0 Å². The van der Waals surface area contributed by atoms with Crippen molar-refractivity contribution >= 4 is 34.1 Å². The third kappa shape index (κ3) is 9.31. The van der Waals surface area contributed by atoms with E-state index in [4.69, 9.17) is 0 Å². The van der Waals surface area contributed by atoms with Crippen LogP contribution in [0.15, 0.2) is 54.7 Å². The van der Waals surface area contributed by atoms with Crippen LogP contribution >= 0.6 is 11.3 Å². The molecule has 214 valence electrons. The van der Waals surface area contributed by atoms with Gasteiger partial charge in [0.05, 0.1) is 6.42 Å². The Bertz CT molecular complexity index is 1510. The van der Waals surface area contributed by atoms with Crippen LogP contribution in [-0.4, -0.2) is 38.3 Å². The number of aryl methyl sites for hydroxylation is 3. The van der Waals surface area contributed by atoms with Gasteiger partial charge in [0.2, 0.25) is 11.0 Å². The Morgan fingerprint density at radius 1 is 0.976 bits per heavy atom. The number of aromatic nitrogens is 4. The molecule has 0 radical (unpaired) electrons. The van der Waals surface area contributed by atoms with Gasteiger partial charge >= 0.3 is 6.36 Å². The van der Waals surface area contributed by atoms with Crippen molar-refractivity contribution in [2.45, 2.75) is 45.4 Å². The van der Waals surface area contributed by atoms with Gasteiger partial charge in [-0.15, -0.1) is 23.4 Å². The summed E-state index contributed by atoms with van der Waals surface area (Å²) in [5.74, 6) is -1.90. The number of halogens is 4. The molecule has 4 rings (SSSR count). The zero-order valence-electron chi connectivity index (χ0n) is 21.7. The van der Waals surface area contributed by atoms with E-state index < -0.39 is 29.7 Å². The molecule has 9 nitrogen and oxygen atoms in total. The first-order chi connectivity index (χ1) is 19.5. The third-order valence-corrected chi connectivity index (χ3v) is 6.48. The van der Waals surface area contributed by atoms with Crippen molar-refractivity contribution in [1.82, 2.24) is 20.2 Å². The molecular weight excluding hydrogens is 564 g/mol. The number of amides is 2. The quantitative estimate of drug-likeness (QED) is 0.171. The Morgan fingerprint density at radius 2 is 1.78 bits per heavy atom. The van der Waals surface area contributed by atoms with Gasteiger partial charge in [-0.3, -0.25) is 14.9 Å². The first-order valence-electron chi connectivity index (χ1n) is 12.4. The Kier molecular flexibility index (Phi) is 9.55. The highest BCUT2D eigenvalue weighted by Crippen LogP contribution is 2.24. The molecule has 0 unspecified atom stereocenters. The van der Waals surface area contributed by atoms with Crippen molar-refractivity contribution in [3.63, 3.8) is 0 Å². The number of nitrogens with zero attached hydrogens (tertiary/aromatic N) is 4. The summed E-state index contributed by atoms with van der Waals surface area (Å²) in [6.45, 7) is 1.66. The van der Waals surface area contributed by atoms with Crippen LogP contribution in [0.2, 0.25) is 0 Å². The van der Waals surface area contributed by atoms with Crippen molar-refractivity contribution in [3.8, 4) is 5.75 Å². The molecule has 0 spiro atoms. The van der Waals surface area contributed by atoms with E-state index in [2.05, 4.69) is 35.5 Å². The van der Waals surface area contributed by atoms with Crippen LogP contribution in [0.25, 0.3) is 0 Å². The van der Waals surface area contributed by atoms with Gasteiger partial charge in [0.25, 0.3) is 5.91 Å². The summed E-state index contributed by atoms with van der Waals surface area (Å²) < 4.78 is 55.0. The van der Waals surface area contributed by atoms with Crippen LogP contribution in [0.3, 0.4) is 0 Å². The van der Waals surface area contributed by atoms with Crippen LogP contribution in [0.1, 0.15) is 45.2 Å². The molecule has 2 N–H and O–H groups in total. The molecule has 1 aromatic carbocycles. The molecule has 0 aliphatic carbocycles. The fourth-order valence-corrected chi connectivity index (χ4v) is 4.51. The van der Waals surface area contributed by atoms with Crippen LogP contribution in [0, 0.1) is 12.7 Å². The molecule has 2 amide bonds. The second-order valence-electron chi connectivity index (χ2n) is 8.92. The average Bonchev–Trinajstić information content (AvgIpc) is 3.35. The summed E-state index contributed by atoms with van der Waals surface area (Å²) in [5.41, 5.74) is 1.54. The number of pyridine rings is 2. The fourth-order valence-electron chi connectivity index (χ4n) is 3.74. The Morgan fingerprint density at radius 3 is 2.54 bits per heavy atom. The number of benzene rings is 1. The predicted molar refractivity (Wildman–Crippen MR) is 143 cm³/mol. The Labute approximate surface area is 236 Å². The minimum absolute atomic E-state index is 0.144. The lowest BCUT2D eigenvalue weighted by Gasteiger charge is -2.10.